The first kappa shape index (κ1) is 25.1. The second kappa shape index (κ2) is 11.6. The Balaban J connectivity index is 1.75. The Hall–Kier alpha value is -4.53. The van der Waals surface area contributed by atoms with Gasteiger partial charge in [-0.05, 0) is 48.4 Å². The summed E-state index contributed by atoms with van der Waals surface area (Å²) < 4.78 is 5.47. The molecule has 0 aromatic heterocycles. The van der Waals surface area contributed by atoms with Crippen LogP contribution in [-0.4, -0.2) is 48.1 Å². The summed E-state index contributed by atoms with van der Waals surface area (Å²) in [7, 11) is 1.49. The van der Waals surface area contributed by atoms with E-state index in [1.54, 1.807) is 47.7 Å². The van der Waals surface area contributed by atoms with Crippen LogP contribution < -0.4 is 20.3 Å². The number of para-hydroxylation sites is 1. The molecule has 3 amide bonds. The van der Waals surface area contributed by atoms with Crippen molar-refractivity contribution >= 4 is 35.0 Å². The number of aliphatic carboxylic acids is 1. The number of carbonyl (C=O) groups is 3. The Bertz CT molecular complexity index is 1200. The highest BCUT2D eigenvalue weighted by atomic mass is 16.5. The van der Waals surface area contributed by atoms with Gasteiger partial charge in [-0.15, -0.1) is 0 Å². The predicted molar refractivity (Wildman–Crippen MR) is 136 cm³/mol. The molecular formula is C26H28N4O5. The number of allylic oxidation sites excluding steroid dienone is 2. The smallest absolute Gasteiger partial charge is 0.323 e. The van der Waals surface area contributed by atoms with Crippen molar-refractivity contribution in [3.05, 3.63) is 84.2 Å². The van der Waals surface area contributed by atoms with Gasteiger partial charge in [0.25, 0.3) is 0 Å². The SMILES string of the molecule is COc1cc(N(CC2=CC=CN(CC(=O)O)C=C2)C(C)=O)ccc1NC(=O)Nc1ccccc1C. The molecule has 3 N–H and O–H groups in total. The van der Waals surface area contributed by atoms with Crippen LogP contribution in [0.3, 0.4) is 0 Å². The fraction of sp³-hybridized carbons (Fsp3) is 0.192. The molecule has 0 unspecified atom stereocenters. The van der Waals surface area contributed by atoms with Crippen LogP contribution in [0.25, 0.3) is 0 Å². The number of amides is 3. The van der Waals surface area contributed by atoms with Gasteiger partial charge < -0.3 is 30.3 Å². The third-order valence-corrected chi connectivity index (χ3v) is 5.24. The van der Waals surface area contributed by atoms with Gasteiger partial charge in [0.05, 0.1) is 19.3 Å². The number of methoxy groups -OCH3 is 1. The number of rotatable bonds is 8. The zero-order valence-corrected chi connectivity index (χ0v) is 19.8. The van der Waals surface area contributed by atoms with E-state index in [1.807, 2.05) is 37.3 Å². The van der Waals surface area contributed by atoms with E-state index < -0.39 is 12.0 Å². The fourth-order valence-corrected chi connectivity index (χ4v) is 3.45. The number of hydrogen-bond donors (Lipinski definition) is 3. The molecule has 9 nitrogen and oxygen atoms in total. The molecule has 0 spiro atoms. The van der Waals surface area contributed by atoms with Crippen molar-refractivity contribution in [2.45, 2.75) is 13.8 Å². The Morgan fingerprint density at radius 1 is 1.06 bits per heavy atom. The number of ether oxygens (including phenoxy) is 1. The molecule has 1 aliphatic heterocycles. The number of carboxylic acid groups (broad SMARTS) is 1. The van der Waals surface area contributed by atoms with Gasteiger partial charge in [0, 0.05) is 36.8 Å². The second-order valence-electron chi connectivity index (χ2n) is 7.85. The maximum Gasteiger partial charge on any atom is 0.323 e. The molecule has 35 heavy (non-hydrogen) atoms. The van der Waals surface area contributed by atoms with Gasteiger partial charge in [-0.1, -0.05) is 24.3 Å². The molecule has 0 aliphatic carbocycles. The number of carboxylic acids is 1. The van der Waals surface area contributed by atoms with Gasteiger partial charge in [0.1, 0.15) is 12.3 Å². The zero-order chi connectivity index (χ0) is 25.4. The average molecular weight is 477 g/mol. The summed E-state index contributed by atoms with van der Waals surface area (Å²) >= 11 is 0. The van der Waals surface area contributed by atoms with Gasteiger partial charge in [-0.3, -0.25) is 9.59 Å². The van der Waals surface area contributed by atoms with Crippen molar-refractivity contribution in [1.82, 2.24) is 4.90 Å². The maximum atomic E-state index is 12.5. The first-order valence-corrected chi connectivity index (χ1v) is 10.9. The minimum Gasteiger partial charge on any atom is -0.494 e. The van der Waals surface area contributed by atoms with E-state index in [2.05, 4.69) is 10.6 Å². The lowest BCUT2D eigenvalue weighted by Gasteiger charge is -2.23. The summed E-state index contributed by atoms with van der Waals surface area (Å²) in [5.74, 6) is -0.733. The lowest BCUT2D eigenvalue weighted by Crippen LogP contribution is -2.30. The number of carbonyl (C=O) groups excluding carboxylic acids is 2. The van der Waals surface area contributed by atoms with Crippen LogP contribution in [0, 0.1) is 6.92 Å². The minimum absolute atomic E-state index is 0.159. The molecule has 0 saturated heterocycles. The van der Waals surface area contributed by atoms with Gasteiger partial charge in [-0.25, -0.2) is 4.79 Å². The Morgan fingerprint density at radius 3 is 2.49 bits per heavy atom. The van der Waals surface area contributed by atoms with Crippen molar-refractivity contribution < 1.29 is 24.2 Å². The van der Waals surface area contributed by atoms with Crippen LogP contribution >= 0.6 is 0 Å². The summed E-state index contributed by atoms with van der Waals surface area (Å²) in [4.78, 5) is 39.0. The van der Waals surface area contributed by atoms with E-state index in [1.165, 1.54) is 18.9 Å². The molecule has 9 heteroatoms. The summed E-state index contributed by atoms with van der Waals surface area (Å²) in [5.41, 5.74) is 3.48. The number of hydrogen-bond acceptors (Lipinski definition) is 5. The Morgan fingerprint density at radius 2 is 1.80 bits per heavy atom. The first-order valence-electron chi connectivity index (χ1n) is 10.9. The van der Waals surface area contributed by atoms with Crippen molar-refractivity contribution in [3.8, 4) is 5.75 Å². The van der Waals surface area contributed by atoms with E-state index >= 15 is 0 Å². The van der Waals surface area contributed by atoms with Crippen LogP contribution in [0.15, 0.2) is 78.7 Å². The second-order valence-corrected chi connectivity index (χ2v) is 7.85. The topological polar surface area (TPSA) is 111 Å². The van der Waals surface area contributed by atoms with Crippen LogP contribution in [0.5, 0.6) is 5.75 Å². The summed E-state index contributed by atoms with van der Waals surface area (Å²) in [6.07, 6.45) is 8.63. The number of nitrogens with zero attached hydrogens (tertiary/aromatic N) is 2. The molecule has 182 valence electrons. The number of urea groups is 1. The van der Waals surface area contributed by atoms with E-state index in [9.17, 15) is 14.4 Å². The molecule has 3 rings (SSSR count). The molecule has 1 heterocycles. The molecule has 0 atom stereocenters. The van der Waals surface area contributed by atoms with Gasteiger partial charge >= 0.3 is 12.0 Å². The van der Waals surface area contributed by atoms with Crippen molar-refractivity contribution in [1.29, 1.82) is 0 Å². The van der Waals surface area contributed by atoms with E-state index in [0.717, 1.165) is 11.1 Å². The third kappa shape index (κ3) is 6.97. The monoisotopic (exact) mass is 476 g/mol. The van der Waals surface area contributed by atoms with E-state index in [4.69, 9.17) is 9.84 Å². The highest BCUT2D eigenvalue weighted by molar-refractivity contribution is 6.01. The lowest BCUT2D eigenvalue weighted by molar-refractivity contribution is -0.137. The predicted octanol–water partition coefficient (Wildman–Crippen LogP) is 4.35. The summed E-state index contributed by atoms with van der Waals surface area (Å²) in [6.45, 7) is 3.47. The van der Waals surface area contributed by atoms with Gasteiger partial charge in [0.2, 0.25) is 5.91 Å². The Kier molecular flexibility index (Phi) is 8.29. The number of nitrogens with one attached hydrogen (secondary N) is 2. The maximum absolute atomic E-state index is 12.5. The standard InChI is InChI=1S/C26H28N4O5/c1-18-7-4-5-9-22(18)27-26(34)28-23-11-10-21(15-24(23)35-3)30(19(2)31)16-20-8-6-13-29(14-12-20)17-25(32)33/h4-15H,16-17H2,1-3H3,(H,32,33)(H2,27,28,34). The fourth-order valence-electron chi connectivity index (χ4n) is 3.45. The van der Waals surface area contributed by atoms with Crippen LogP contribution in [0.4, 0.5) is 21.9 Å². The normalized spacial score (nSPS) is 12.4. The van der Waals surface area contributed by atoms with Crippen molar-refractivity contribution in [2.24, 2.45) is 0 Å². The first-order chi connectivity index (χ1) is 16.8. The number of benzene rings is 2. The highest BCUT2D eigenvalue weighted by Crippen LogP contribution is 2.31. The number of anilines is 3. The highest BCUT2D eigenvalue weighted by Gasteiger charge is 2.17. The zero-order valence-electron chi connectivity index (χ0n) is 19.8. The Labute approximate surface area is 204 Å². The third-order valence-electron chi connectivity index (χ3n) is 5.24. The van der Waals surface area contributed by atoms with Crippen LogP contribution in [0.2, 0.25) is 0 Å². The largest absolute Gasteiger partial charge is 0.494 e. The van der Waals surface area contributed by atoms with E-state index in [-0.39, 0.29) is 19.0 Å². The summed E-state index contributed by atoms with van der Waals surface area (Å²) in [6, 6.07) is 12.1. The number of aryl methyl sites for hydroxylation is 1. The molecule has 2 aromatic carbocycles. The van der Waals surface area contributed by atoms with Crippen LogP contribution in [0.1, 0.15) is 12.5 Å². The molecule has 0 radical (unpaired) electrons. The minimum atomic E-state index is -0.943. The molecular weight excluding hydrogens is 448 g/mol. The molecule has 0 bridgehead atoms. The molecule has 0 saturated carbocycles. The van der Waals surface area contributed by atoms with Gasteiger partial charge in [0.15, 0.2) is 0 Å². The van der Waals surface area contributed by atoms with Crippen molar-refractivity contribution in [2.75, 3.05) is 35.7 Å². The summed E-state index contributed by atoms with van der Waals surface area (Å²) in [5, 5.41) is 14.6. The molecule has 0 fully saturated rings. The van der Waals surface area contributed by atoms with Crippen molar-refractivity contribution in [3.63, 3.8) is 0 Å². The van der Waals surface area contributed by atoms with Crippen LogP contribution in [-0.2, 0) is 9.59 Å². The van der Waals surface area contributed by atoms with Gasteiger partial charge in [-0.2, -0.15) is 0 Å². The average Bonchev–Trinajstić information content (AvgIpc) is 3.03. The molecule has 1 aliphatic rings. The lowest BCUT2D eigenvalue weighted by atomic mass is 10.2. The quantitative estimate of drug-likeness (QED) is 0.522. The molecule has 2 aromatic rings. The van der Waals surface area contributed by atoms with E-state index in [0.29, 0.717) is 22.8 Å².